The van der Waals surface area contributed by atoms with E-state index < -0.39 is 6.04 Å². The van der Waals surface area contributed by atoms with Gasteiger partial charge < -0.3 is 19.4 Å². The van der Waals surface area contributed by atoms with E-state index in [9.17, 15) is 4.79 Å². The highest BCUT2D eigenvalue weighted by molar-refractivity contribution is 5.92. The van der Waals surface area contributed by atoms with Crippen LogP contribution in [0.1, 0.15) is 34.4 Å². The molecule has 0 saturated carbocycles. The molecule has 2 aromatic heterocycles. The number of para-hydroxylation sites is 1. The third-order valence-corrected chi connectivity index (χ3v) is 5.86. The standard InChI is InChI=1S/C27H29N5O3/c1-18-24(19(2)32(30-18)21-9-7-6-8-10-21)11-12-25(33)29-26(27-28-13-14-31(27)3)20-15-22(34-4)17-23(16-20)35-5/h6-17,26H,1-5H3,(H,29,33). The fraction of sp³-hybridized carbons (Fsp3) is 0.222. The minimum absolute atomic E-state index is 0.258. The van der Waals surface area contributed by atoms with Crippen molar-refractivity contribution >= 4 is 12.0 Å². The molecule has 8 heteroatoms. The van der Waals surface area contributed by atoms with E-state index in [2.05, 4.69) is 15.4 Å². The third-order valence-electron chi connectivity index (χ3n) is 5.86. The van der Waals surface area contributed by atoms with E-state index in [4.69, 9.17) is 9.47 Å². The zero-order valence-electron chi connectivity index (χ0n) is 20.5. The number of carbonyl (C=O) groups is 1. The smallest absolute Gasteiger partial charge is 0.244 e. The number of aryl methyl sites for hydroxylation is 2. The lowest BCUT2D eigenvalue weighted by atomic mass is 10.0. The number of amides is 1. The predicted molar refractivity (Wildman–Crippen MR) is 135 cm³/mol. The molecule has 1 N–H and O–H groups in total. The van der Waals surface area contributed by atoms with Gasteiger partial charge in [0.25, 0.3) is 0 Å². The molecule has 2 heterocycles. The largest absolute Gasteiger partial charge is 0.497 e. The Morgan fingerprint density at radius 1 is 1.06 bits per heavy atom. The van der Waals surface area contributed by atoms with Gasteiger partial charge in [0.1, 0.15) is 23.4 Å². The second-order valence-electron chi connectivity index (χ2n) is 8.15. The van der Waals surface area contributed by atoms with Crippen molar-refractivity contribution in [1.82, 2.24) is 24.6 Å². The summed E-state index contributed by atoms with van der Waals surface area (Å²) in [5.74, 6) is 1.68. The van der Waals surface area contributed by atoms with Gasteiger partial charge >= 0.3 is 0 Å². The molecule has 1 amide bonds. The summed E-state index contributed by atoms with van der Waals surface area (Å²) < 4.78 is 14.6. The van der Waals surface area contributed by atoms with E-state index in [1.807, 2.05) is 78.8 Å². The fourth-order valence-electron chi connectivity index (χ4n) is 4.01. The van der Waals surface area contributed by atoms with Crippen molar-refractivity contribution in [3.63, 3.8) is 0 Å². The second-order valence-corrected chi connectivity index (χ2v) is 8.15. The Kier molecular flexibility index (Phi) is 7.01. The lowest BCUT2D eigenvalue weighted by molar-refractivity contribution is -0.117. The summed E-state index contributed by atoms with van der Waals surface area (Å²) in [6.45, 7) is 3.92. The number of nitrogens with one attached hydrogen (secondary N) is 1. The molecule has 35 heavy (non-hydrogen) atoms. The molecule has 0 fully saturated rings. The Balaban J connectivity index is 1.63. The van der Waals surface area contributed by atoms with Gasteiger partial charge in [-0.05, 0) is 49.8 Å². The first-order chi connectivity index (χ1) is 16.9. The predicted octanol–water partition coefficient (Wildman–Crippen LogP) is 4.16. The first-order valence-electron chi connectivity index (χ1n) is 11.2. The van der Waals surface area contributed by atoms with Crippen molar-refractivity contribution < 1.29 is 14.3 Å². The zero-order chi connectivity index (χ0) is 24.9. The van der Waals surface area contributed by atoms with Gasteiger partial charge in [0.2, 0.25) is 5.91 Å². The number of carbonyl (C=O) groups excluding carboxylic acids is 1. The Labute approximate surface area is 204 Å². The van der Waals surface area contributed by atoms with Crippen LogP contribution in [0.15, 0.2) is 67.0 Å². The quantitative estimate of drug-likeness (QED) is 0.390. The molecule has 0 aliphatic carbocycles. The number of ether oxygens (including phenoxy) is 2. The van der Waals surface area contributed by atoms with Gasteiger partial charge in [0, 0.05) is 42.8 Å². The van der Waals surface area contributed by atoms with Crippen molar-refractivity contribution in [3.8, 4) is 17.2 Å². The molecular weight excluding hydrogens is 442 g/mol. The van der Waals surface area contributed by atoms with Crippen LogP contribution in [0.5, 0.6) is 11.5 Å². The topological polar surface area (TPSA) is 83.2 Å². The molecule has 1 unspecified atom stereocenters. The lowest BCUT2D eigenvalue weighted by Crippen LogP contribution is -2.29. The first kappa shape index (κ1) is 23.8. The minimum atomic E-state index is -0.509. The first-order valence-corrected chi connectivity index (χ1v) is 11.2. The Morgan fingerprint density at radius 2 is 1.74 bits per heavy atom. The SMILES string of the molecule is COc1cc(OC)cc(C(NC(=O)C=Cc2c(C)nn(-c3ccccc3)c2C)c2nccn2C)c1. The van der Waals surface area contributed by atoms with Gasteiger partial charge in [-0.15, -0.1) is 0 Å². The van der Waals surface area contributed by atoms with Crippen LogP contribution >= 0.6 is 0 Å². The molecule has 0 radical (unpaired) electrons. The molecule has 0 aliphatic heterocycles. The highest BCUT2D eigenvalue weighted by Gasteiger charge is 2.22. The molecule has 0 saturated heterocycles. The van der Waals surface area contributed by atoms with E-state index in [0.29, 0.717) is 17.3 Å². The summed E-state index contributed by atoms with van der Waals surface area (Å²) >= 11 is 0. The Hall–Kier alpha value is -4.33. The maximum atomic E-state index is 13.1. The summed E-state index contributed by atoms with van der Waals surface area (Å²) in [5, 5.41) is 7.73. The number of methoxy groups -OCH3 is 2. The van der Waals surface area contributed by atoms with Crippen LogP contribution in [-0.2, 0) is 11.8 Å². The summed E-state index contributed by atoms with van der Waals surface area (Å²) in [6.07, 6.45) is 6.87. The summed E-state index contributed by atoms with van der Waals surface area (Å²) in [4.78, 5) is 17.6. The van der Waals surface area contributed by atoms with Gasteiger partial charge in [-0.25, -0.2) is 9.67 Å². The number of hydrogen-bond donors (Lipinski definition) is 1. The molecule has 1 atom stereocenters. The molecule has 2 aromatic carbocycles. The lowest BCUT2D eigenvalue weighted by Gasteiger charge is -2.20. The van der Waals surface area contributed by atoms with Crippen LogP contribution in [0, 0.1) is 13.8 Å². The van der Waals surface area contributed by atoms with Crippen molar-refractivity contribution in [2.75, 3.05) is 14.2 Å². The molecule has 180 valence electrons. The van der Waals surface area contributed by atoms with Crippen LogP contribution < -0.4 is 14.8 Å². The van der Waals surface area contributed by atoms with Crippen LogP contribution in [0.3, 0.4) is 0 Å². The van der Waals surface area contributed by atoms with Crippen LogP contribution in [0.4, 0.5) is 0 Å². The molecule has 0 aliphatic rings. The van der Waals surface area contributed by atoms with Crippen LogP contribution in [0.25, 0.3) is 11.8 Å². The van der Waals surface area contributed by atoms with Crippen molar-refractivity contribution in [2.24, 2.45) is 7.05 Å². The van der Waals surface area contributed by atoms with Crippen LogP contribution in [-0.4, -0.2) is 39.5 Å². The number of nitrogens with zero attached hydrogens (tertiary/aromatic N) is 4. The molecule has 8 nitrogen and oxygen atoms in total. The van der Waals surface area contributed by atoms with E-state index in [-0.39, 0.29) is 5.91 Å². The number of benzene rings is 2. The van der Waals surface area contributed by atoms with Gasteiger partial charge in [0.15, 0.2) is 0 Å². The van der Waals surface area contributed by atoms with E-state index in [1.54, 1.807) is 32.6 Å². The average Bonchev–Trinajstić information content (AvgIpc) is 3.43. The second kappa shape index (κ2) is 10.3. The number of rotatable bonds is 8. The molecule has 4 aromatic rings. The van der Waals surface area contributed by atoms with Gasteiger partial charge in [-0.2, -0.15) is 5.10 Å². The van der Waals surface area contributed by atoms with Gasteiger partial charge in [-0.3, -0.25) is 4.79 Å². The van der Waals surface area contributed by atoms with Crippen molar-refractivity contribution in [1.29, 1.82) is 0 Å². The van der Waals surface area contributed by atoms with E-state index in [0.717, 1.165) is 28.2 Å². The maximum Gasteiger partial charge on any atom is 0.244 e. The highest BCUT2D eigenvalue weighted by atomic mass is 16.5. The van der Waals surface area contributed by atoms with Gasteiger partial charge in [0.05, 0.1) is 25.6 Å². The average molecular weight is 472 g/mol. The highest BCUT2D eigenvalue weighted by Crippen LogP contribution is 2.29. The van der Waals surface area contributed by atoms with Crippen molar-refractivity contribution in [2.45, 2.75) is 19.9 Å². The fourth-order valence-corrected chi connectivity index (χ4v) is 4.01. The normalized spacial score (nSPS) is 12.0. The molecule has 4 rings (SSSR count). The molecule has 0 bridgehead atoms. The molecule has 0 spiro atoms. The van der Waals surface area contributed by atoms with E-state index in [1.165, 1.54) is 6.08 Å². The molecular formula is C27H29N5O3. The van der Waals surface area contributed by atoms with Crippen molar-refractivity contribution in [3.05, 3.63) is 95.3 Å². The third kappa shape index (κ3) is 5.11. The monoisotopic (exact) mass is 471 g/mol. The minimum Gasteiger partial charge on any atom is -0.497 e. The number of hydrogen-bond acceptors (Lipinski definition) is 5. The summed E-state index contributed by atoms with van der Waals surface area (Å²) in [7, 11) is 5.07. The zero-order valence-corrected chi connectivity index (χ0v) is 20.5. The maximum absolute atomic E-state index is 13.1. The van der Waals surface area contributed by atoms with Crippen LogP contribution in [0.2, 0.25) is 0 Å². The summed E-state index contributed by atoms with van der Waals surface area (Å²) in [6, 6.07) is 14.9. The Bertz CT molecular complexity index is 1330. The number of aromatic nitrogens is 4. The number of imidazole rings is 1. The Morgan fingerprint density at radius 3 is 2.34 bits per heavy atom. The van der Waals surface area contributed by atoms with E-state index >= 15 is 0 Å². The summed E-state index contributed by atoms with van der Waals surface area (Å²) in [5.41, 5.74) is 4.46. The van der Waals surface area contributed by atoms with Gasteiger partial charge in [-0.1, -0.05) is 18.2 Å².